The molecule has 0 spiro atoms. The van der Waals surface area contributed by atoms with E-state index >= 15 is 0 Å². The molecule has 1 aliphatic heterocycles. The minimum absolute atomic E-state index is 0.0975. The monoisotopic (exact) mass is 562 g/mol. The number of ether oxygens (including phenoxy) is 2. The molecular formula is C29H31BrN4O3. The van der Waals surface area contributed by atoms with Gasteiger partial charge in [-0.3, -0.25) is 15.2 Å². The van der Waals surface area contributed by atoms with E-state index in [0.29, 0.717) is 15.8 Å². The highest BCUT2D eigenvalue weighted by Crippen LogP contribution is 2.38. The first-order valence-electron chi connectivity index (χ1n) is 12.3. The number of halogens is 1. The van der Waals surface area contributed by atoms with Gasteiger partial charge in [-0.25, -0.2) is 0 Å². The smallest absolute Gasteiger partial charge is 0.243 e. The Morgan fingerprint density at radius 1 is 1.08 bits per heavy atom. The molecule has 1 amide bonds. The number of methoxy groups -OCH3 is 2. The fourth-order valence-electron chi connectivity index (χ4n) is 4.63. The summed E-state index contributed by atoms with van der Waals surface area (Å²) in [5.74, 6) is 0.979. The van der Waals surface area contributed by atoms with Crippen LogP contribution in [0.3, 0.4) is 0 Å². The molecule has 1 saturated heterocycles. The first-order valence-corrected chi connectivity index (χ1v) is 13.1. The van der Waals surface area contributed by atoms with Gasteiger partial charge in [-0.05, 0) is 79.8 Å². The maximum absolute atomic E-state index is 13.5. The van der Waals surface area contributed by atoms with Crippen LogP contribution in [0.2, 0.25) is 0 Å². The molecule has 8 heteroatoms. The lowest BCUT2D eigenvalue weighted by Gasteiger charge is -2.35. The minimum atomic E-state index is -0.198. The van der Waals surface area contributed by atoms with E-state index in [1.165, 1.54) is 13.5 Å². The third-order valence-corrected chi connectivity index (χ3v) is 7.28. The lowest BCUT2D eigenvalue weighted by molar-refractivity contribution is -0.120. The Balaban J connectivity index is 1.71. The van der Waals surface area contributed by atoms with Crippen LogP contribution in [-0.2, 0) is 11.2 Å². The molecule has 0 unspecified atom stereocenters. The quantitative estimate of drug-likeness (QED) is 0.337. The number of piperidine rings is 1. The number of hydrazine groups is 1. The molecule has 1 heterocycles. The van der Waals surface area contributed by atoms with Crippen molar-refractivity contribution in [1.82, 2.24) is 5.43 Å². The van der Waals surface area contributed by atoms with Crippen LogP contribution in [0.15, 0.2) is 59.1 Å². The molecule has 0 radical (unpaired) electrons. The van der Waals surface area contributed by atoms with Crippen LogP contribution >= 0.6 is 15.9 Å². The van der Waals surface area contributed by atoms with Crippen LogP contribution in [0.25, 0.3) is 0 Å². The second-order valence-corrected chi connectivity index (χ2v) is 9.85. The van der Waals surface area contributed by atoms with Crippen molar-refractivity contribution in [2.45, 2.75) is 32.6 Å². The first-order chi connectivity index (χ1) is 17.9. The van der Waals surface area contributed by atoms with Gasteiger partial charge < -0.3 is 14.4 Å². The van der Waals surface area contributed by atoms with Crippen molar-refractivity contribution in [2.75, 3.05) is 37.2 Å². The zero-order valence-corrected chi connectivity index (χ0v) is 23.0. The summed E-state index contributed by atoms with van der Waals surface area (Å²) >= 11 is 3.51. The second-order valence-electron chi connectivity index (χ2n) is 8.99. The van der Waals surface area contributed by atoms with Crippen LogP contribution in [-0.4, -0.2) is 33.2 Å². The molecule has 1 fully saturated rings. The predicted molar refractivity (Wildman–Crippen MR) is 150 cm³/mol. The minimum Gasteiger partial charge on any atom is -0.497 e. The van der Waals surface area contributed by atoms with E-state index < -0.39 is 0 Å². The zero-order chi connectivity index (χ0) is 26.4. The number of nitrogens with zero attached hydrogens (tertiary/aromatic N) is 3. The number of benzene rings is 3. The molecule has 1 N–H and O–H groups in total. The number of nitrogens with one attached hydrogen (secondary N) is 1. The number of hydrogen-bond acceptors (Lipinski definition) is 6. The van der Waals surface area contributed by atoms with Gasteiger partial charge in [0.2, 0.25) is 5.91 Å². The number of para-hydroxylation sites is 1. The van der Waals surface area contributed by atoms with E-state index in [9.17, 15) is 10.1 Å². The molecule has 1 aliphatic rings. The average Bonchev–Trinajstić information content (AvgIpc) is 2.93. The van der Waals surface area contributed by atoms with Gasteiger partial charge in [0, 0.05) is 17.6 Å². The normalized spacial score (nSPS) is 13.0. The van der Waals surface area contributed by atoms with Crippen molar-refractivity contribution in [3.8, 4) is 17.6 Å². The molecular weight excluding hydrogens is 532 g/mol. The Labute approximate surface area is 226 Å². The lowest BCUT2D eigenvalue weighted by Crippen LogP contribution is -2.41. The van der Waals surface area contributed by atoms with E-state index in [1.807, 2.05) is 29.3 Å². The number of aryl methyl sites for hydroxylation is 1. The molecule has 0 aliphatic carbocycles. The number of amides is 1. The molecule has 3 aromatic carbocycles. The van der Waals surface area contributed by atoms with E-state index in [2.05, 4.69) is 57.4 Å². The summed E-state index contributed by atoms with van der Waals surface area (Å²) in [6.45, 7) is 4.03. The topological polar surface area (TPSA) is 77.8 Å². The van der Waals surface area contributed by atoms with Gasteiger partial charge in [0.05, 0.1) is 43.3 Å². The van der Waals surface area contributed by atoms with Gasteiger partial charge >= 0.3 is 0 Å². The largest absolute Gasteiger partial charge is 0.497 e. The second kappa shape index (κ2) is 12.0. The van der Waals surface area contributed by atoms with Gasteiger partial charge in [0.25, 0.3) is 0 Å². The first kappa shape index (κ1) is 26.4. The van der Waals surface area contributed by atoms with Crippen molar-refractivity contribution in [3.63, 3.8) is 0 Å². The number of hydrogen-bond donors (Lipinski definition) is 1. The highest BCUT2D eigenvalue weighted by atomic mass is 79.9. The van der Waals surface area contributed by atoms with Gasteiger partial charge in [-0.1, -0.05) is 28.1 Å². The summed E-state index contributed by atoms with van der Waals surface area (Å²) in [6, 6.07) is 19.4. The van der Waals surface area contributed by atoms with Crippen molar-refractivity contribution in [1.29, 1.82) is 5.26 Å². The molecule has 4 rings (SSSR count). The Morgan fingerprint density at radius 3 is 2.46 bits per heavy atom. The molecule has 0 atom stereocenters. The van der Waals surface area contributed by atoms with Crippen molar-refractivity contribution >= 4 is 38.9 Å². The van der Waals surface area contributed by atoms with Crippen LogP contribution in [0.1, 0.15) is 36.0 Å². The summed E-state index contributed by atoms with van der Waals surface area (Å²) in [5, 5.41) is 11.2. The van der Waals surface area contributed by atoms with Crippen LogP contribution in [0, 0.1) is 18.3 Å². The molecule has 0 aromatic heterocycles. The van der Waals surface area contributed by atoms with E-state index in [-0.39, 0.29) is 12.3 Å². The summed E-state index contributed by atoms with van der Waals surface area (Å²) < 4.78 is 11.4. The summed E-state index contributed by atoms with van der Waals surface area (Å²) in [6.07, 6.45) is 3.63. The fraction of sp³-hybridized carbons (Fsp3) is 0.310. The van der Waals surface area contributed by atoms with Gasteiger partial charge in [0.15, 0.2) is 0 Å². The molecule has 0 saturated carbocycles. The summed E-state index contributed by atoms with van der Waals surface area (Å²) in [4.78, 5) is 15.9. The number of rotatable bonds is 8. The lowest BCUT2D eigenvalue weighted by atomic mass is 10.1. The fourth-order valence-corrected chi connectivity index (χ4v) is 5.11. The Bertz CT molecular complexity index is 1300. The predicted octanol–water partition coefficient (Wildman–Crippen LogP) is 6.05. The highest BCUT2D eigenvalue weighted by Gasteiger charge is 2.23. The van der Waals surface area contributed by atoms with E-state index in [4.69, 9.17) is 9.47 Å². The average molecular weight is 563 g/mol. The standard InChI is InChI=1S/C29H31BrN4O3/c1-20-8-7-9-26(33-14-5-4-6-15-33)29(20)34(23-10-12-24(36-2)13-11-23)32-28(35)18-21-17-27(37-3)22(19-31)16-25(21)30/h7-13,16-17H,4-6,14-15,18H2,1-3H3,(H,32,35). The Morgan fingerprint density at radius 2 is 1.81 bits per heavy atom. The summed E-state index contributed by atoms with van der Waals surface area (Å²) in [5.41, 5.74) is 8.19. The maximum atomic E-state index is 13.5. The van der Waals surface area contributed by atoms with Gasteiger partial charge in [-0.15, -0.1) is 0 Å². The van der Waals surface area contributed by atoms with Crippen molar-refractivity contribution in [2.24, 2.45) is 0 Å². The number of carbonyl (C=O) groups excluding carboxylic acids is 1. The Kier molecular flexibility index (Phi) is 8.57. The molecule has 0 bridgehead atoms. The molecule has 7 nitrogen and oxygen atoms in total. The third kappa shape index (κ3) is 6.00. The molecule has 192 valence electrons. The summed E-state index contributed by atoms with van der Waals surface area (Å²) in [7, 11) is 3.15. The SMILES string of the molecule is COc1ccc(N(NC(=O)Cc2cc(OC)c(C#N)cc2Br)c2c(C)cccc2N2CCCCC2)cc1. The van der Waals surface area contributed by atoms with Crippen LogP contribution < -0.4 is 24.8 Å². The van der Waals surface area contributed by atoms with E-state index in [0.717, 1.165) is 59.9 Å². The third-order valence-electron chi connectivity index (χ3n) is 6.54. The van der Waals surface area contributed by atoms with Crippen LogP contribution in [0.4, 0.5) is 17.1 Å². The maximum Gasteiger partial charge on any atom is 0.243 e. The van der Waals surface area contributed by atoms with E-state index in [1.54, 1.807) is 19.2 Å². The van der Waals surface area contributed by atoms with Crippen molar-refractivity contribution in [3.05, 3.63) is 75.8 Å². The van der Waals surface area contributed by atoms with Crippen molar-refractivity contribution < 1.29 is 14.3 Å². The number of anilines is 3. The zero-order valence-electron chi connectivity index (χ0n) is 21.4. The highest BCUT2D eigenvalue weighted by molar-refractivity contribution is 9.10. The van der Waals surface area contributed by atoms with Crippen LogP contribution in [0.5, 0.6) is 11.5 Å². The number of nitriles is 1. The van der Waals surface area contributed by atoms with Gasteiger partial charge in [0.1, 0.15) is 17.6 Å². The Hall–Kier alpha value is -3.70. The molecule has 37 heavy (non-hydrogen) atoms. The van der Waals surface area contributed by atoms with Gasteiger partial charge in [-0.2, -0.15) is 5.26 Å². The molecule has 3 aromatic rings. The number of carbonyl (C=O) groups is 1.